The van der Waals surface area contributed by atoms with Gasteiger partial charge in [-0.2, -0.15) is 13.2 Å². The molecule has 0 aliphatic rings. The smallest absolute Gasteiger partial charge is 0.352 e. The predicted octanol–water partition coefficient (Wildman–Crippen LogP) is 5.00. The second-order valence-corrected chi connectivity index (χ2v) is 7.20. The van der Waals surface area contributed by atoms with Gasteiger partial charge >= 0.3 is 6.18 Å². The van der Waals surface area contributed by atoms with Crippen LogP contribution in [0.4, 0.5) is 17.6 Å². The first kappa shape index (κ1) is 19.9. The van der Waals surface area contributed by atoms with E-state index >= 15 is 0 Å². The van der Waals surface area contributed by atoms with Crippen LogP contribution in [0.5, 0.6) is 0 Å². The van der Waals surface area contributed by atoms with Crippen LogP contribution in [0.1, 0.15) is 43.0 Å². The molecule has 0 fully saturated rings. The molecule has 1 N–H and O–H groups in total. The minimum atomic E-state index is -4.58. The van der Waals surface area contributed by atoms with Gasteiger partial charge in [-0.3, -0.25) is 4.79 Å². The van der Waals surface area contributed by atoms with Crippen LogP contribution in [0.15, 0.2) is 42.5 Å². The van der Waals surface area contributed by atoms with Gasteiger partial charge in [0.2, 0.25) is 5.91 Å². The number of benzene rings is 2. The van der Waals surface area contributed by atoms with Gasteiger partial charge in [0.15, 0.2) is 0 Å². The predicted molar refractivity (Wildman–Crippen MR) is 92.1 cm³/mol. The Morgan fingerprint density at radius 2 is 1.54 bits per heavy atom. The Hall–Kier alpha value is -2.37. The van der Waals surface area contributed by atoms with Crippen molar-refractivity contribution in [2.24, 2.45) is 0 Å². The SMILES string of the molecule is CC(C)(C)c1ccc(CNC(=O)Cc2cc(C(F)(F)F)ccc2F)cc1. The number of amides is 1. The van der Waals surface area contributed by atoms with Gasteiger partial charge in [0.05, 0.1) is 12.0 Å². The summed E-state index contributed by atoms with van der Waals surface area (Å²) in [6.45, 7) is 6.50. The monoisotopic (exact) mass is 367 g/mol. The molecule has 0 bridgehead atoms. The van der Waals surface area contributed by atoms with E-state index in [9.17, 15) is 22.4 Å². The summed E-state index contributed by atoms with van der Waals surface area (Å²) in [4.78, 5) is 12.0. The molecule has 0 aromatic heterocycles. The molecule has 0 saturated carbocycles. The summed E-state index contributed by atoms with van der Waals surface area (Å²) in [5.74, 6) is -1.37. The maximum absolute atomic E-state index is 13.7. The number of nitrogens with one attached hydrogen (secondary N) is 1. The van der Waals surface area contributed by atoms with Crippen molar-refractivity contribution in [1.82, 2.24) is 5.32 Å². The molecule has 0 spiro atoms. The Morgan fingerprint density at radius 3 is 2.08 bits per heavy atom. The van der Waals surface area contributed by atoms with Crippen LogP contribution in [0.2, 0.25) is 0 Å². The quantitative estimate of drug-likeness (QED) is 0.757. The maximum atomic E-state index is 13.7. The first-order valence-electron chi connectivity index (χ1n) is 8.18. The molecule has 1 amide bonds. The van der Waals surface area contributed by atoms with Crippen molar-refractivity contribution < 1.29 is 22.4 Å². The molecule has 0 saturated heterocycles. The molecule has 0 radical (unpaired) electrons. The van der Waals surface area contributed by atoms with E-state index in [-0.39, 0.29) is 17.5 Å². The lowest BCUT2D eigenvalue weighted by Crippen LogP contribution is -2.25. The highest BCUT2D eigenvalue weighted by molar-refractivity contribution is 5.78. The van der Waals surface area contributed by atoms with Crippen LogP contribution in [-0.2, 0) is 29.4 Å². The Labute approximate surface area is 150 Å². The third-order valence-corrected chi connectivity index (χ3v) is 4.03. The van der Waals surface area contributed by atoms with E-state index in [4.69, 9.17) is 0 Å². The lowest BCUT2D eigenvalue weighted by molar-refractivity contribution is -0.137. The van der Waals surface area contributed by atoms with Crippen LogP contribution in [0.3, 0.4) is 0 Å². The molecular weight excluding hydrogens is 346 g/mol. The fourth-order valence-corrected chi connectivity index (χ4v) is 2.45. The first-order valence-corrected chi connectivity index (χ1v) is 8.18. The van der Waals surface area contributed by atoms with Crippen molar-refractivity contribution in [3.8, 4) is 0 Å². The molecule has 0 heterocycles. The summed E-state index contributed by atoms with van der Waals surface area (Å²) in [5, 5.41) is 2.60. The molecule has 26 heavy (non-hydrogen) atoms. The summed E-state index contributed by atoms with van der Waals surface area (Å²) in [7, 11) is 0. The third-order valence-electron chi connectivity index (χ3n) is 4.03. The van der Waals surface area contributed by atoms with Crippen molar-refractivity contribution in [2.45, 2.75) is 45.3 Å². The van der Waals surface area contributed by atoms with Crippen molar-refractivity contribution in [3.63, 3.8) is 0 Å². The van der Waals surface area contributed by atoms with Gasteiger partial charge in [-0.05, 0) is 40.3 Å². The molecule has 2 aromatic rings. The van der Waals surface area contributed by atoms with Gasteiger partial charge in [-0.25, -0.2) is 4.39 Å². The summed E-state index contributed by atoms with van der Waals surface area (Å²) < 4.78 is 51.8. The molecule has 0 aliphatic heterocycles. The second-order valence-electron chi connectivity index (χ2n) is 7.20. The molecule has 6 heteroatoms. The lowest BCUT2D eigenvalue weighted by atomic mass is 9.87. The number of carbonyl (C=O) groups excluding carboxylic acids is 1. The highest BCUT2D eigenvalue weighted by atomic mass is 19.4. The van der Waals surface area contributed by atoms with Crippen LogP contribution < -0.4 is 5.32 Å². The fourth-order valence-electron chi connectivity index (χ4n) is 2.45. The standard InChI is InChI=1S/C20H21F4NO/c1-19(2,3)15-6-4-13(5-7-15)12-25-18(26)11-14-10-16(20(22,23)24)8-9-17(14)21/h4-10H,11-12H2,1-3H3,(H,25,26). The van der Waals surface area contributed by atoms with Crippen LogP contribution in [-0.4, -0.2) is 5.91 Å². The van der Waals surface area contributed by atoms with Crippen LogP contribution in [0.25, 0.3) is 0 Å². The van der Waals surface area contributed by atoms with Crippen molar-refractivity contribution in [2.75, 3.05) is 0 Å². The zero-order chi connectivity index (χ0) is 19.5. The van der Waals surface area contributed by atoms with Gasteiger partial charge in [-0.1, -0.05) is 45.0 Å². The minimum Gasteiger partial charge on any atom is -0.352 e. The highest BCUT2D eigenvalue weighted by Crippen LogP contribution is 2.30. The number of alkyl halides is 3. The molecule has 0 atom stereocenters. The van der Waals surface area contributed by atoms with E-state index in [0.29, 0.717) is 12.1 Å². The molecule has 2 rings (SSSR count). The zero-order valence-corrected chi connectivity index (χ0v) is 14.9. The Kier molecular flexibility index (Phi) is 5.74. The molecule has 0 aliphatic carbocycles. The van der Waals surface area contributed by atoms with E-state index < -0.39 is 29.9 Å². The molecule has 0 unspecified atom stereocenters. The maximum Gasteiger partial charge on any atom is 0.416 e. The van der Waals surface area contributed by atoms with Gasteiger partial charge < -0.3 is 5.32 Å². The number of hydrogen-bond donors (Lipinski definition) is 1. The molecular formula is C20H21F4NO. The van der Waals surface area contributed by atoms with Crippen LogP contribution in [0, 0.1) is 5.82 Å². The number of carbonyl (C=O) groups is 1. The summed E-state index contributed by atoms with van der Waals surface area (Å²) >= 11 is 0. The topological polar surface area (TPSA) is 29.1 Å². The molecule has 140 valence electrons. The number of hydrogen-bond acceptors (Lipinski definition) is 1. The van der Waals surface area contributed by atoms with Gasteiger partial charge in [-0.15, -0.1) is 0 Å². The number of halogens is 4. The fraction of sp³-hybridized carbons (Fsp3) is 0.350. The number of rotatable bonds is 4. The van der Waals surface area contributed by atoms with E-state index in [1.807, 2.05) is 24.3 Å². The Bertz CT molecular complexity index is 774. The average Bonchev–Trinajstić information content (AvgIpc) is 2.53. The van der Waals surface area contributed by atoms with Crippen molar-refractivity contribution in [1.29, 1.82) is 0 Å². The summed E-state index contributed by atoms with van der Waals surface area (Å²) in [6.07, 6.45) is -5.02. The summed E-state index contributed by atoms with van der Waals surface area (Å²) in [6, 6.07) is 9.76. The van der Waals surface area contributed by atoms with Crippen LogP contribution >= 0.6 is 0 Å². The third kappa shape index (κ3) is 5.31. The molecule has 2 nitrogen and oxygen atoms in total. The summed E-state index contributed by atoms with van der Waals surface area (Å²) in [5.41, 5.74) is 0.775. The largest absolute Gasteiger partial charge is 0.416 e. The first-order chi connectivity index (χ1) is 12.0. The van der Waals surface area contributed by atoms with Gasteiger partial charge in [0, 0.05) is 6.54 Å². The Morgan fingerprint density at radius 1 is 0.962 bits per heavy atom. The zero-order valence-electron chi connectivity index (χ0n) is 14.9. The van der Waals surface area contributed by atoms with Gasteiger partial charge in [0.25, 0.3) is 0 Å². The van der Waals surface area contributed by atoms with E-state index in [1.165, 1.54) is 0 Å². The molecule has 2 aromatic carbocycles. The second kappa shape index (κ2) is 7.48. The van der Waals surface area contributed by atoms with Gasteiger partial charge in [0.1, 0.15) is 5.82 Å². The minimum absolute atomic E-state index is 0.0167. The van der Waals surface area contributed by atoms with Crippen molar-refractivity contribution in [3.05, 3.63) is 70.5 Å². The van der Waals surface area contributed by atoms with E-state index in [0.717, 1.165) is 17.2 Å². The van der Waals surface area contributed by atoms with E-state index in [2.05, 4.69) is 26.1 Å². The van der Waals surface area contributed by atoms with E-state index in [1.54, 1.807) is 0 Å². The normalized spacial score (nSPS) is 12.1. The Balaban J connectivity index is 1.99. The van der Waals surface area contributed by atoms with Crippen molar-refractivity contribution >= 4 is 5.91 Å². The average molecular weight is 367 g/mol. The lowest BCUT2D eigenvalue weighted by Gasteiger charge is -2.19. The highest BCUT2D eigenvalue weighted by Gasteiger charge is 2.31.